The molecule has 0 saturated carbocycles. The Balaban J connectivity index is 2.92. The molecule has 15 heavy (non-hydrogen) atoms. The predicted molar refractivity (Wildman–Crippen MR) is 59.3 cm³/mol. The number of aliphatic carboxylic acids is 1. The molecular formula is C10H11NO3S. The highest BCUT2D eigenvalue weighted by atomic mass is 32.1. The van der Waals surface area contributed by atoms with Crippen LogP contribution in [0, 0.1) is 0 Å². The van der Waals surface area contributed by atoms with Gasteiger partial charge in [0.25, 0.3) is 0 Å². The molecular weight excluding hydrogens is 214 g/mol. The average Bonchev–Trinajstić information content (AvgIpc) is 2.69. The summed E-state index contributed by atoms with van der Waals surface area (Å²) in [5.74, 6) is -0.844. The molecule has 0 aromatic carbocycles. The summed E-state index contributed by atoms with van der Waals surface area (Å²) in [6.45, 7) is 5.57. The zero-order valence-corrected chi connectivity index (χ0v) is 9.08. The topological polar surface area (TPSA) is 58.9 Å². The van der Waals surface area contributed by atoms with Crippen molar-refractivity contribution in [2.75, 3.05) is 6.61 Å². The fourth-order valence-electron chi connectivity index (χ4n) is 0.866. The highest BCUT2D eigenvalue weighted by molar-refractivity contribution is 7.12. The second kappa shape index (κ2) is 5.31. The zero-order valence-electron chi connectivity index (χ0n) is 8.27. The third-order valence-corrected chi connectivity index (χ3v) is 2.35. The third-order valence-electron chi connectivity index (χ3n) is 1.50. The highest BCUT2D eigenvalue weighted by Gasteiger charge is 2.09. The van der Waals surface area contributed by atoms with Crippen LogP contribution in [0.25, 0.3) is 0 Å². The number of aliphatic imine (C=N–C) groups is 1. The average molecular weight is 225 g/mol. The molecule has 0 unspecified atom stereocenters. The molecule has 0 bridgehead atoms. The van der Waals surface area contributed by atoms with Gasteiger partial charge in [-0.2, -0.15) is 0 Å². The van der Waals surface area contributed by atoms with Crippen LogP contribution in [0.5, 0.6) is 0 Å². The number of hydrogen-bond donors (Lipinski definition) is 1. The van der Waals surface area contributed by atoms with Crippen LogP contribution in [-0.4, -0.2) is 23.6 Å². The number of thiophene rings is 1. The van der Waals surface area contributed by atoms with Crippen LogP contribution < -0.4 is 0 Å². The summed E-state index contributed by atoms with van der Waals surface area (Å²) in [7, 11) is 0. The quantitative estimate of drug-likeness (QED) is 0.485. The lowest BCUT2D eigenvalue weighted by molar-refractivity contribution is -0.132. The van der Waals surface area contributed by atoms with E-state index in [2.05, 4.69) is 11.6 Å². The second-order valence-electron chi connectivity index (χ2n) is 2.58. The number of ether oxygens (including phenoxy) is 1. The summed E-state index contributed by atoms with van der Waals surface area (Å²) in [5.41, 5.74) is -0.230. The van der Waals surface area contributed by atoms with Crippen LogP contribution in [0.3, 0.4) is 0 Å². The molecule has 80 valence electrons. The van der Waals surface area contributed by atoms with E-state index in [0.717, 1.165) is 4.88 Å². The van der Waals surface area contributed by atoms with Gasteiger partial charge in [-0.05, 0) is 18.4 Å². The van der Waals surface area contributed by atoms with E-state index in [1.807, 2.05) is 24.4 Å². The van der Waals surface area contributed by atoms with Crippen LogP contribution in [0.15, 0.2) is 34.8 Å². The molecule has 1 aromatic rings. The summed E-state index contributed by atoms with van der Waals surface area (Å²) in [6.07, 6.45) is 0. The van der Waals surface area contributed by atoms with Gasteiger partial charge in [0.1, 0.15) is 5.70 Å². The van der Waals surface area contributed by atoms with Crippen LogP contribution in [-0.2, 0) is 9.53 Å². The van der Waals surface area contributed by atoms with Crippen molar-refractivity contribution in [2.24, 2.45) is 4.99 Å². The minimum Gasteiger partial charge on any atom is -0.477 e. The maximum Gasteiger partial charge on any atom is 0.354 e. The SMILES string of the molecule is C=C(N=C(OCC)c1cccs1)C(=O)O. The van der Waals surface area contributed by atoms with Crippen molar-refractivity contribution in [1.82, 2.24) is 0 Å². The lowest BCUT2D eigenvalue weighted by Crippen LogP contribution is -2.07. The van der Waals surface area contributed by atoms with Crippen molar-refractivity contribution in [3.05, 3.63) is 34.7 Å². The normalized spacial score (nSPS) is 11.1. The molecule has 0 aliphatic rings. The third kappa shape index (κ3) is 3.21. The minimum absolute atomic E-state index is 0.230. The van der Waals surface area contributed by atoms with E-state index >= 15 is 0 Å². The Kier molecular flexibility index (Phi) is 4.05. The summed E-state index contributed by atoms with van der Waals surface area (Å²) < 4.78 is 5.24. The van der Waals surface area contributed by atoms with E-state index in [1.54, 1.807) is 0 Å². The Morgan fingerprint density at radius 3 is 2.93 bits per heavy atom. The van der Waals surface area contributed by atoms with Crippen molar-refractivity contribution < 1.29 is 14.6 Å². The predicted octanol–water partition coefficient (Wildman–Crippen LogP) is 2.13. The van der Waals surface area contributed by atoms with E-state index in [0.29, 0.717) is 12.5 Å². The highest BCUT2D eigenvalue weighted by Crippen LogP contribution is 2.12. The van der Waals surface area contributed by atoms with Gasteiger partial charge in [-0.25, -0.2) is 9.79 Å². The van der Waals surface area contributed by atoms with E-state index in [1.165, 1.54) is 11.3 Å². The first-order valence-electron chi connectivity index (χ1n) is 4.32. The lowest BCUT2D eigenvalue weighted by Gasteiger charge is -2.04. The van der Waals surface area contributed by atoms with Crippen LogP contribution in [0.4, 0.5) is 0 Å². The van der Waals surface area contributed by atoms with Crippen molar-refractivity contribution >= 4 is 23.2 Å². The lowest BCUT2D eigenvalue weighted by atomic mass is 10.4. The summed E-state index contributed by atoms with van der Waals surface area (Å²) in [6, 6.07) is 3.66. The molecule has 1 N–H and O–H groups in total. The van der Waals surface area contributed by atoms with Gasteiger partial charge in [0, 0.05) is 0 Å². The molecule has 0 spiro atoms. The fraction of sp³-hybridized carbons (Fsp3) is 0.200. The molecule has 4 nitrogen and oxygen atoms in total. The van der Waals surface area contributed by atoms with Crippen LogP contribution >= 0.6 is 11.3 Å². The van der Waals surface area contributed by atoms with Crippen molar-refractivity contribution in [2.45, 2.75) is 6.92 Å². The van der Waals surface area contributed by atoms with Gasteiger partial charge in [-0.15, -0.1) is 11.3 Å². The molecule has 0 aliphatic heterocycles. The number of nitrogens with zero attached hydrogens (tertiary/aromatic N) is 1. The molecule has 0 aliphatic carbocycles. The van der Waals surface area contributed by atoms with E-state index < -0.39 is 5.97 Å². The summed E-state index contributed by atoms with van der Waals surface area (Å²) in [4.78, 5) is 15.2. The summed E-state index contributed by atoms with van der Waals surface area (Å²) >= 11 is 1.43. The largest absolute Gasteiger partial charge is 0.477 e. The Morgan fingerprint density at radius 1 is 1.73 bits per heavy atom. The fourth-order valence-corrected chi connectivity index (χ4v) is 1.53. The first kappa shape index (κ1) is 11.5. The van der Waals surface area contributed by atoms with E-state index in [4.69, 9.17) is 9.84 Å². The van der Waals surface area contributed by atoms with Crippen molar-refractivity contribution in [1.29, 1.82) is 0 Å². The van der Waals surface area contributed by atoms with E-state index in [-0.39, 0.29) is 5.70 Å². The molecule has 1 aromatic heterocycles. The Bertz CT molecular complexity index is 381. The van der Waals surface area contributed by atoms with Crippen LogP contribution in [0.1, 0.15) is 11.8 Å². The van der Waals surface area contributed by atoms with Gasteiger partial charge >= 0.3 is 5.97 Å². The van der Waals surface area contributed by atoms with Gasteiger partial charge in [-0.3, -0.25) is 0 Å². The molecule has 0 atom stereocenters. The smallest absolute Gasteiger partial charge is 0.354 e. The second-order valence-corrected chi connectivity index (χ2v) is 3.53. The van der Waals surface area contributed by atoms with Gasteiger partial charge in [-0.1, -0.05) is 12.6 Å². The van der Waals surface area contributed by atoms with Crippen molar-refractivity contribution in [3.8, 4) is 0 Å². The number of carboxylic acid groups (broad SMARTS) is 1. The molecule has 0 amide bonds. The molecule has 0 radical (unpaired) electrons. The Morgan fingerprint density at radius 2 is 2.47 bits per heavy atom. The molecule has 1 rings (SSSR count). The molecule has 1 heterocycles. The number of carboxylic acids is 1. The van der Waals surface area contributed by atoms with Gasteiger partial charge in [0.15, 0.2) is 0 Å². The Labute approximate surface area is 91.5 Å². The monoisotopic (exact) mass is 225 g/mol. The van der Waals surface area contributed by atoms with Gasteiger partial charge in [0.2, 0.25) is 5.90 Å². The standard InChI is InChI=1S/C10H11NO3S/c1-3-14-9(8-5-4-6-15-8)11-7(2)10(12)13/h4-6H,2-3H2,1H3,(H,12,13). The minimum atomic E-state index is -1.15. The van der Waals surface area contributed by atoms with Crippen LogP contribution in [0.2, 0.25) is 0 Å². The first-order valence-corrected chi connectivity index (χ1v) is 5.20. The number of carbonyl (C=O) groups is 1. The summed E-state index contributed by atoms with van der Waals surface area (Å²) in [5, 5.41) is 10.5. The maximum atomic E-state index is 10.5. The van der Waals surface area contributed by atoms with Gasteiger partial charge in [0.05, 0.1) is 11.5 Å². The number of rotatable bonds is 4. The molecule has 0 saturated heterocycles. The Hall–Kier alpha value is -1.62. The first-order chi connectivity index (χ1) is 7.15. The molecule has 5 heteroatoms. The maximum absolute atomic E-state index is 10.5. The van der Waals surface area contributed by atoms with Crippen molar-refractivity contribution in [3.63, 3.8) is 0 Å². The van der Waals surface area contributed by atoms with Gasteiger partial charge < -0.3 is 9.84 Å². The van der Waals surface area contributed by atoms with E-state index in [9.17, 15) is 4.79 Å². The zero-order chi connectivity index (χ0) is 11.3. The number of hydrogen-bond acceptors (Lipinski definition) is 4. The molecule has 0 fully saturated rings.